The summed E-state index contributed by atoms with van der Waals surface area (Å²) in [5.74, 6) is 0.255. The van der Waals surface area contributed by atoms with Crippen LogP contribution in [0, 0.1) is 5.82 Å². The molecule has 2 aromatic heterocycles. The van der Waals surface area contributed by atoms with Gasteiger partial charge in [-0.15, -0.1) is 0 Å². The Hall–Kier alpha value is -4.67. The predicted molar refractivity (Wildman–Crippen MR) is 158 cm³/mol. The lowest BCUT2D eigenvalue weighted by atomic mass is 10.1. The Bertz CT molecular complexity index is 1610. The fraction of sp³-hybridized carbons (Fsp3) is 0.355. The van der Waals surface area contributed by atoms with Gasteiger partial charge in [0.15, 0.2) is 17.4 Å². The second kappa shape index (κ2) is 11.7. The van der Waals surface area contributed by atoms with Crippen molar-refractivity contribution in [1.29, 1.82) is 0 Å². The zero-order valence-corrected chi connectivity index (χ0v) is 24.4. The van der Waals surface area contributed by atoms with E-state index in [2.05, 4.69) is 20.7 Å². The first-order valence-electron chi connectivity index (χ1n) is 13.9. The summed E-state index contributed by atoms with van der Waals surface area (Å²) in [6.45, 7) is 10.1. The van der Waals surface area contributed by atoms with E-state index in [4.69, 9.17) is 9.47 Å². The van der Waals surface area contributed by atoms with E-state index < -0.39 is 17.5 Å². The highest BCUT2D eigenvalue weighted by molar-refractivity contribution is 6.02. The quantitative estimate of drug-likeness (QED) is 0.277. The molecule has 2 aromatic carbocycles. The molecule has 5 rings (SSSR count). The molecule has 0 saturated heterocycles. The van der Waals surface area contributed by atoms with Gasteiger partial charge in [-0.2, -0.15) is 5.10 Å². The molecule has 10 nitrogen and oxygen atoms in total. The largest absolute Gasteiger partial charge is 0.486 e. The molecule has 220 valence electrons. The fourth-order valence-corrected chi connectivity index (χ4v) is 4.79. The number of nitrogens with zero attached hydrogens (tertiary/aromatic N) is 4. The van der Waals surface area contributed by atoms with Crippen molar-refractivity contribution in [2.45, 2.75) is 65.8 Å². The van der Waals surface area contributed by atoms with Crippen LogP contribution >= 0.6 is 0 Å². The summed E-state index contributed by atoms with van der Waals surface area (Å²) >= 11 is 0. The summed E-state index contributed by atoms with van der Waals surface area (Å²) < 4.78 is 28.7. The van der Waals surface area contributed by atoms with Gasteiger partial charge in [0, 0.05) is 42.4 Å². The molecule has 0 aliphatic carbocycles. The molecule has 0 saturated carbocycles. The summed E-state index contributed by atoms with van der Waals surface area (Å²) in [6, 6.07) is 14.7. The summed E-state index contributed by atoms with van der Waals surface area (Å²) in [4.78, 5) is 31.6. The number of pyridine rings is 1. The van der Waals surface area contributed by atoms with Gasteiger partial charge in [0.25, 0.3) is 0 Å². The van der Waals surface area contributed by atoms with Crippen LogP contribution in [-0.2, 0) is 29.1 Å². The monoisotopic (exact) mass is 574 g/mol. The van der Waals surface area contributed by atoms with Crippen molar-refractivity contribution in [3.8, 4) is 5.75 Å². The Balaban J connectivity index is 1.44. The van der Waals surface area contributed by atoms with Crippen LogP contribution in [0.5, 0.6) is 5.75 Å². The molecule has 1 aliphatic heterocycles. The molecule has 2 N–H and O–H groups in total. The molecule has 0 spiro atoms. The number of aromatic nitrogens is 3. The van der Waals surface area contributed by atoms with E-state index in [0.717, 1.165) is 11.3 Å². The number of halogens is 1. The third-order valence-electron chi connectivity index (χ3n) is 6.75. The average molecular weight is 575 g/mol. The molecule has 0 fully saturated rings. The Labute approximate surface area is 243 Å². The molecule has 2 amide bonds. The number of carbonyl (C=O) groups is 2. The molecule has 0 radical (unpaired) electrons. The molecule has 0 unspecified atom stereocenters. The lowest BCUT2D eigenvalue weighted by Gasteiger charge is -2.24. The smallest absolute Gasteiger partial charge is 0.412 e. The highest BCUT2D eigenvalue weighted by atomic mass is 19.1. The second-order valence-corrected chi connectivity index (χ2v) is 11.5. The van der Waals surface area contributed by atoms with Crippen molar-refractivity contribution >= 4 is 40.1 Å². The zero-order valence-electron chi connectivity index (χ0n) is 24.4. The van der Waals surface area contributed by atoms with Crippen LogP contribution in [0.2, 0.25) is 0 Å². The minimum absolute atomic E-state index is 0.0253. The number of benzene rings is 2. The van der Waals surface area contributed by atoms with Crippen molar-refractivity contribution < 1.29 is 23.5 Å². The molecule has 0 bridgehead atoms. The first kappa shape index (κ1) is 28.8. The molecule has 0 atom stereocenters. The first-order chi connectivity index (χ1) is 20.0. The lowest BCUT2D eigenvalue weighted by Crippen LogP contribution is -2.38. The van der Waals surface area contributed by atoms with Gasteiger partial charge in [0.1, 0.15) is 24.6 Å². The molecule has 1 aliphatic rings. The number of nitrogens with one attached hydrogen (secondary N) is 2. The van der Waals surface area contributed by atoms with Gasteiger partial charge in [-0.05, 0) is 57.7 Å². The highest BCUT2D eigenvalue weighted by Gasteiger charge is 2.25. The van der Waals surface area contributed by atoms with Crippen LogP contribution in [0.4, 0.5) is 26.5 Å². The summed E-state index contributed by atoms with van der Waals surface area (Å²) in [7, 11) is 0. The summed E-state index contributed by atoms with van der Waals surface area (Å²) in [5.41, 5.74) is 0.946. The van der Waals surface area contributed by atoms with E-state index >= 15 is 4.39 Å². The van der Waals surface area contributed by atoms with Gasteiger partial charge in [-0.25, -0.2) is 14.2 Å². The van der Waals surface area contributed by atoms with E-state index in [-0.39, 0.29) is 36.5 Å². The molecule has 4 aromatic rings. The van der Waals surface area contributed by atoms with Gasteiger partial charge in [0.2, 0.25) is 5.91 Å². The number of fused-ring (bicyclic) bond motifs is 2. The number of rotatable bonds is 7. The maximum Gasteiger partial charge on any atom is 0.412 e. The molecular weight excluding hydrogens is 539 g/mol. The number of anilines is 3. The van der Waals surface area contributed by atoms with Crippen LogP contribution in [0.1, 0.15) is 45.9 Å². The van der Waals surface area contributed by atoms with Gasteiger partial charge in [-0.1, -0.05) is 30.3 Å². The van der Waals surface area contributed by atoms with Crippen molar-refractivity contribution in [2.24, 2.45) is 0 Å². The minimum atomic E-state index is -0.796. The lowest BCUT2D eigenvalue weighted by molar-refractivity contribution is -0.133. The molecular formula is C31H35FN6O4. The summed E-state index contributed by atoms with van der Waals surface area (Å²) in [6.07, 6.45) is 1.36. The summed E-state index contributed by atoms with van der Waals surface area (Å²) in [5, 5.41) is 11.3. The first-order valence-corrected chi connectivity index (χ1v) is 13.9. The van der Waals surface area contributed by atoms with Crippen molar-refractivity contribution in [2.75, 3.05) is 17.2 Å². The van der Waals surface area contributed by atoms with Crippen molar-refractivity contribution in [1.82, 2.24) is 19.7 Å². The predicted octanol–water partition coefficient (Wildman–Crippen LogP) is 6.03. The highest BCUT2D eigenvalue weighted by Crippen LogP contribution is 2.35. The molecule has 42 heavy (non-hydrogen) atoms. The molecule has 3 heterocycles. The second-order valence-electron chi connectivity index (χ2n) is 11.5. The van der Waals surface area contributed by atoms with Crippen molar-refractivity contribution in [3.63, 3.8) is 0 Å². The van der Waals surface area contributed by atoms with E-state index in [9.17, 15) is 9.59 Å². The normalized spacial score (nSPS) is 13.6. The van der Waals surface area contributed by atoms with Crippen molar-refractivity contribution in [3.05, 3.63) is 71.8 Å². The fourth-order valence-electron chi connectivity index (χ4n) is 4.79. The van der Waals surface area contributed by atoms with Gasteiger partial charge < -0.3 is 19.7 Å². The topological polar surface area (TPSA) is 111 Å². The van der Waals surface area contributed by atoms with Gasteiger partial charge >= 0.3 is 6.09 Å². The van der Waals surface area contributed by atoms with Gasteiger partial charge in [-0.3, -0.25) is 14.8 Å². The molecule has 11 heteroatoms. The number of carbonyl (C=O) groups excluding carboxylic acids is 2. The minimum Gasteiger partial charge on any atom is -0.486 e. The van der Waals surface area contributed by atoms with Crippen LogP contribution < -0.4 is 15.4 Å². The third kappa shape index (κ3) is 6.62. The maximum absolute atomic E-state index is 15.7. The number of hydrogen-bond donors (Lipinski definition) is 2. The Morgan fingerprint density at radius 1 is 1.12 bits per heavy atom. The Morgan fingerprint density at radius 2 is 1.88 bits per heavy atom. The zero-order chi connectivity index (χ0) is 30.0. The average Bonchev–Trinajstić information content (AvgIpc) is 3.21. The number of hydrogen-bond acceptors (Lipinski definition) is 7. The van der Waals surface area contributed by atoms with E-state index in [0.29, 0.717) is 35.4 Å². The maximum atomic E-state index is 15.7. The van der Waals surface area contributed by atoms with Crippen LogP contribution in [0.3, 0.4) is 0 Å². The van der Waals surface area contributed by atoms with E-state index in [1.54, 1.807) is 37.6 Å². The SMILES string of the molecule is CC(C)N1CCc2cc(Nc3cc4cc(OCc5ccccc5)c(F)c(NC(=O)OC(C)(C)C)c4cn3)nn2CC1=O. The third-order valence-corrected chi connectivity index (χ3v) is 6.75. The Kier molecular flexibility index (Phi) is 8.02. The van der Waals surface area contributed by atoms with E-state index in [1.165, 1.54) is 6.20 Å². The van der Waals surface area contributed by atoms with Crippen LogP contribution in [0.15, 0.2) is 54.7 Å². The number of amides is 2. The van der Waals surface area contributed by atoms with Crippen LogP contribution in [-0.4, -0.2) is 49.9 Å². The van der Waals surface area contributed by atoms with E-state index in [1.807, 2.05) is 55.1 Å². The Morgan fingerprint density at radius 3 is 2.60 bits per heavy atom. The van der Waals surface area contributed by atoms with Crippen LogP contribution in [0.25, 0.3) is 10.8 Å². The number of ether oxygens (including phenoxy) is 2. The van der Waals surface area contributed by atoms with Gasteiger partial charge in [0.05, 0.1) is 5.69 Å². The standard InChI is InChI=1S/C31H35FN6O4/c1-19(2)37-12-11-22-15-26(36-38(22)17-27(37)39)34-25-14-21-13-24(41-18-20-9-7-6-8-10-20)28(32)29(23(21)16-33-25)35-30(40)42-31(3,4)5/h6-10,13-16,19H,11-12,17-18H2,1-5H3,(H,35,40)(H,33,34,36).